The van der Waals surface area contributed by atoms with Gasteiger partial charge in [0.25, 0.3) is 11.8 Å². The van der Waals surface area contributed by atoms with Crippen molar-refractivity contribution < 1.29 is 9.59 Å². The predicted octanol–water partition coefficient (Wildman–Crippen LogP) is 3.99. The minimum Gasteiger partial charge on any atom is -0.267 e. The van der Waals surface area contributed by atoms with Crippen molar-refractivity contribution in [2.24, 2.45) is 5.92 Å². The standard InChI is InChI=1S/C18H19ClN2O2S/c1-2-11-6-7-15-13(8-11)10-16(24-15)18(23)21-20-17(22)12-4-3-5-14(19)9-12/h3-5,9-11H,2,6-8H2,1H3,(H,20,22)(H,21,23)/t11-/m1/s1. The third-order valence-electron chi connectivity index (χ3n) is 4.36. The van der Waals surface area contributed by atoms with Gasteiger partial charge in [0.05, 0.1) is 4.88 Å². The number of fused-ring (bicyclic) bond motifs is 1. The number of aryl methyl sites for hydroxylation is 1. The first-order valence-electron chi connectivity index (χ1n) is 8.04. The fraction of sp³-hybridized carbons (Fsp3) is 0.333. The number of benzene rings is 1. The van der Waals surface area contributed by atoms with E-state index in [1.165, 1.54) is 34.6 Å². The lowest BCUT2D eigenvalue weighted by Crippen LogP contribution is -2.41. The summed E-state index contributed by atoms with van der Waals surface area (Å²) in [7, 11) is 0. The molecule has 4 nitrogen and oxygen atoms in total. The number of thiophene rings is 1. The Morgan fingerprint density at radius 3 is 2.79 bits per heavy atom. The maximum Gasteiger partial charge on any atom is 0.279 e. The molecule has 1 atom stereocenters. The Bertz CT molecular complexity index is 772. The lowest BCUT2D eigenvalue weighted by molar-refractivity contribution is 0.0849. The number of rotatable bonds is 3. The molecular formula is C18H19ClN2O2S. The van der Waals surface area contributed by atoms with Crippen molar-refractivity contribution in [1.82, 2.24) is 10.9 Å². The molecule has 0 radical (unpaired) electrons. The molecule has 0 fully saturated rings. The highest BCUT2D eigenvalue weighted by Gasteiger charge is 2.22. The zero-order valence-electron chi connectivity index (χ0n) is 13.4. The van der Waals surface area contributed by atoms with Crippen LogP contribution in [-0.4, -0.2) is 11.8 Å². The minimum atomic E-state index is -0.391. The quantitative estimate of drug-likeness (QED) is 0.811. The van der Waals surface area contributed by atoms with Crippen molar-refractivity contribution in [3.8, 4) is 0 Å². The lowest BCUT2D eigenvalue weighted by Gasteiger charge is -2.19. The van der Waals surface area contributed by atoms with Crippen LogP contribution in [0.4, 0.5) is 0 Å². The van der Waals surface area contributed by atoms with Crippen molar-refractivity contribution in [1.29, 1.82) is 0 Å². The maximum atomic E-state index is 12.3. The van der Waals surface area contributed by atoms with E-state index in [2.05, 4.69) is 17.8 Å². The molecule has 2 N–H and O–H groups in total. The molecule has 0 aliphatic heterocycles. The van der Waals surface area contributed by atoms with E-state index in [4.69, 9.17) is 11.6 Å². The summed E-state index contributed by atoms with van der Waals surface area (Å²) in [5, 5.41) is 0.477. The highest BCUT2D eigenvalue weighted by Crippen LogP contribution is 2.33. The number of amides is 2. The topological polar surface area (TPSA) is 58.2 Å². The first-order valence-corrected chi connectivity index (χ1v) is 9.24. The second kappa shape index (κ2) is 7.36. The van der Waals surface area contributed by atoms with Crippen LogP contribution in [0, 0.1) is 5.92 Å². The Kier molecular flexibility index (Phi) is 5.21. The number of halogens is 1. The molecule has 0 bridgehead atoms. The second-order valence-corrected chi connectivity index (χ2v) is 7.57. The summed E-state index contributed by atoms with van der Waals surface area (Å²) in [5.74, 6) is 0.0431. The summed E-state index contributed by atoms with van der Waals surface area (Å²) in [5.41, 5.74) is 6.60. The Balaban J connectivity index is 1.62. The average Bonchev–Trinajstić information content (AvgIpc) is 3.02. The van der Waals surface area contributed by atoms with Crippen LogP contribution in [0.1, 0.15) is 50.2 Å². The van der Waals surface area contributed by atoms with Crippen LogP contribution in [0.25, 0.3) is 0 Å². The van der Waals surface area contributed by atoms with E-state index >= 15 is 0 Å². The Hall–Kier alpha value is -1.85. The van der Waals surface area contributed by atoms with E-state index in [1.807, 2.05) is 6.07 Å². The molecule has 1 aromatic carbocycles. The van der Waals surface area contributed by atoms with Gasteiger partial charge in [-0.1, -0.05) is 31.0 Å². The molecule has 126 valence electrons. The molecule has 1 aromatic heterocycles. The fourth-order valence-corrected chi connectivity index (χ4v) is 4.23. The average molecular weight is 363 g/mol. The van der Waals surface area contributed by atoms with Crippen molar-refractivity contribution in [2.45, 2.75) is 32.6 Å². The van der Waals surface area contributed by atoms with E-state index in [1.54, 1.807) is 24.3 Å². The van der Waals surface area contributed by atoms with Crippen LogP contribution in [-0.2, 0) is 12.8 Å². The summed E-state index contributed by atoms with van der Waals surface area (Å²) >= 11 is 7.38. The second-order valence-electron chi connectivity index (χ2n) is 5.99. The minimum absolute atomic E-state index is 0.280. The molecule has 3 rings (SSSR count). The van der Waals surface area contributed by atoms with Crippen LogP contribution < -0.4 is 10.9 Å². The zero-order chi connectivity index (χ0) is 17.1. The third-order valence-corrected chi connectivity index (χ3v) is 5.83. The summed E-state index contributed by atoms with van der Waals surface area (Å²) in [4.78, 5) is 26.2. The first-order chi connectivity index (χ1) is 11.6. The van der Waals surface area contributed by atoms with Gasteiger partial charge in [-0.15, -0.1) is 11.3 Å². The first kappa shape index (κ1) is 17.0. The molecule has 0 spiro atoms. The van der Waals surface area contributed by atoms with E-state index in [9.17, 15) is 9.59 Å². The van der Waals surface area contributed by atoms with Gasteiger partial charge in [-0.3, -0.25) is 20.4 Å². The summed E-state index contributed by atoms with van der Waals surface area (Å²) < 4.78 is 0. The molecular weight excluding hydrogens is 344 g/mol. The highest BCUT2D eigenvalue weighted by atomic mass is 35.5. The van der Waals surface area contributed by atoms with Crippen molar-refractivity contribution in [3.05, 3.63) is 56.2 Å². The van der Waals surface area contributed by atoms with Gasteiger partial charge >= 0.3 is 0 Å². The van der Waals surface area contributed by atoms with Gasteiger partial charge in [0.2, 0.25) is 0 Å². The third kappa shape index (κ3) is 3.79. The van der Waals surface area contributed by atoms with Crippen molar-refractivity contribution >= 4 is 34.8 Å². The largest absolute Gasteiger partial charge is 0.279 e. The van der Waals surface area contributed by atoms with Gasteiger partial charge in [0.1, 0.15) is 0 Å². The van der Waals surface area contributed by atoms with Gasteiger partial charge in [-0.05, 0) is 55.0 Å². The summed E-state index contributed by atoms with van der Waals surface area (Å²) in [6, 6.07) is 8.54. The fourth-order valence-electron chi connectivity index (χ4n) is 2.94. The van der Waals surface area contributed by atoms with Crippen molar-refractivity contribution in [3.63, 3.8) is 0 Å². The molecule has 0 unspecified atom stereocenters. The maximum absolute atomic E-state index is 12.3. The molecule has 1 aliphatic carbocycles. The lowest BCUT2D eigenvalue weighted by atomic mass is 9.87. The zero-order valence-corrected chi connectivity index (χ0v) is 15.0. The number of hydrogen-bond acceptors (Lipinski definition) is 3. The van der Waals surface area contributed by atoms with Gasteiger partial charge in [0.15, 0.2) is 0 Å². The van der Waals surface area contributed by atoms with E-state index in [-0.39, 0.29) is 5.91 Å². The molecule has 6 heteroatoms. The van der Waals surface area contributed by atoms with E-state index in [0.717, 1.165) is 12.8 Å². The normalized spacial score (nSPS) is 16.3. The summed E-state index contributed by atoms with van der Waals surface area (Å²) in [6.45, 7) is 2.21. The Morgan fingerprint density at radius 1 is 1.25 bits per heavy atom. The van der Waals surface area contributed by atoms with Crippen molar-refractivity contribution in [2.75, 3.05) is 0 Å². The SMILES string of the molecule is CC[C@@H]1CCc2sc(C(=O)NNC(=O)c3cccc(Cl)c3)cc2C1. The molecule has 2 aromatic rings. The van der Waals surface area contributed by atoms with Crippen LogP contribution >= 0.6 is 22.9 Å². The number of nitrogens with one attached hydrogen (secondary N) is 2. The smallest absolute Gasteiger partial charge is 0.267 e. The van der Waals surface area contributed by atoms with Gasteiger partial charge < -0.3 is 0 Å². The van der Waals surface area contributed by atoms with Gasteiger partial charge in [-0.2, -0.15) is 0 Å². The molecule has 24 heavy (non-hydrogen) atoms. The number of carbonyl (C=O) groups excluding carboxylic acids is 2. The Morgan fingerprint density at radius 2 is 2.04 bits per heavy atom. The van der Waals surface area contributed by atoms with Crippen LogP contribution in [0.5, 0.6) is 0 Å². The monoisotopic (exact) mass is 362 g/mol. The van der Waals surface area contributed by atoms with Crippen LogP contribution in [0.2, 0.25) is 5.02 Å². The van der Waals surface area contributed by atoms with E-state index in [0.29, 0.717) is 21.4 Å². The van der Waals surface area contributed by atoms with Crippen LogP contribution in [0.15, 0.2) is 30.3 Å². The van der Waals surface area contributed by atoms with Crippen LogP contribution in [0.3, 0.4) is 0 Å². The number of hydrogen-bond donors (Lipinski definition) is 2. The van der Waals surface area contributed by atoms with Gasteiger partial charge in [-0.25, -0.2) is 0 Å². The van der Waals surface area contributed by atoms with E-state index < -0.39 is 5.91 Å². The number of carbonyl (C=O) groups is 2. The Labute approximate surface area is 150 Å². The molecule has 0 saturated heterocycles. The summed E-state index contributed by atoms with van der Waals surface area (Å²) in [6.07, 6.45) is 4.45. The predicted molar refractivity (Wildman–Crippen MR) is 96.5 cm³/mol. The molecule has 2 amide bonds. The molecule has 1 aliphatic rings. The molecule has 1 heterocycles. The number of hydrazine groups is 1. The molecule has 0 saturated carbocycles. The highest BCUT2D eigenvalue weighted by molar-refractivity contribution is 7.14. The van der Waals surface area contributed by atoms with Gasteiger partial charge in [0, 0.05) is 15.5 Å².